The summed E-state index contributed by atoms with van der Waals surface area (Å²) in [6.07, 6.45) is 4.51. The zero-order valence-corrected chi connectivity index (χ0v) is 19.3. The van der Waals surface area contributed by atoms with Crippen molar-refractivity contribution in [3.63, 3.8) is 0 Å². The van der Waals surface area contributed by atoms with E-state index in [-0.39, 0.29) is 11.1 Å². The Kier molecular flexibility index (Phi) is 6.25. The van der Waals surface area contributed by atoms with Crippen LogP contribution in [0.3, 0.4) is 0 Å². The molecule has 1 aliphatic carbocycles. The first-order valence-corrected chi connectivity index (χ1v) is 11.7. The molecule has 0 saturated carbocycles. The van der Waals surface area contributed by atoms with Gasteiger partial charge in [-0.25, -0.2) is 14.5 Å². The maximum absolute atomic E-state index is 12.8. The summed E-state index contributed by atoms with van der Waals surface area (Å²) in [5.74, 6) is 0.430. The van der Waals surface area contributed by atoms with Crippen molar-refractivity contribution in [3.8, 4) is 17.0 Å². The zero-order chi connectivity index (χ0) is 23.6. The fourth-order valence-electron chi connectivity index (χ4n) is 3.86. The molecule has 2 aromatic heterocycles. The number of aromatic nitrogens is 3. The van der Waals surface area contributed by atoms with Gasteiger partial charge in [0.2, 0.25) is 5.88 Å². The Balaban J connectivity index is 1.71. The Morgan fingerprint density at radius 3 is 2.67 bits per heavy atom. The summed E-state index contributed by atoms with van der Waals surface area (Å²) in [6, 6.07) is 9.61. The average Bonchev–Trinajstić information content (AvgIpc) is 3.25. The van der Waals surface area contributed by atoms with E-state index in [2.05, 4.69) is 25.4 Å². The highest BCUT2D eigenvalue weighted by Gasteiger charge is 2.29. The van der Waals surface area contributed by atoms with E-state index in [9.17, 15) is 13.2 Å². The summed E-state index contributed by atoms with van der Waals surface area (Å²) in [6.45, 7) is 0. The van der Waals surface area contributed by atoms with Crippen LogP contribution in [0.5, 0.6) is 5.88 Å². The van der Waals surface area contributed by atoms with Crippen LogP contribution < -0.4 is 14.8 Å². The lowest BCUT2D eigenvalue weighted by molar-refractivity contribution is 0.256. The molecule has 1 atom stereocenters. The molecule has 33 heavy (non-hydrogen) atoms. The fourth-order valence-corrected chi connectivity index (χ4v) is 4.67. The van der Waals surface area contributed by atoms with Gasteiger partial charge in [-0.2, -0.15) is 13.5 Å². The van der Waals surface area contributed by atoms with Gasteiger partial charge >= 0.3 is 6.03 Å². The minimum atomic E-state index is -4.18. The highest BCUT2D eigenvalue weighted by Crippen LogP contribution is 2.39. The third-order valence-electron chi connectivity index (χ3n) is 5.58. The Labute approximate surface area is 192 Å². The molecule has 0 radical (unpaired) electrons. The number of likely N-dealkylation sites (N-methyl/N-ethyl adjacent to an activating group) is 1. The van der Waals surface area contributed by atoms with Crippen molar-refractivity contribution in [1.29, 1.82) is 0 Å². The van der Waals surface area contributed by atoms with Gasteiger partial charge in [-0.3, -0.25) is 0 Å². The first-order valence-electron chi connectivity index (χ1n) is 10.2. The second-order valence-corrected chi connectivity index (χ2v) is 9.49. The molecule has 3 aromatic rings. The van der Waals surface area contributed by atoms with Crippen LogP contribution in [-0.4, -0.2) is 61.8 Å². The molecule has 0 fully saturated rings. The number of hydrogen-bond acceptors (Lipinski definition) is 8. The van der Waals surface area contributed by atoms with Crippen molar-refractivity contribution in [1.82, 2.24) is 24.8 Å². The predicted octanol–water partition coefficient (Wildman–Crippen LogP) is 2.09. The van der Waals surface area contributed by atoms with Crippen LogP contribution in [0.25, 0.3) is 11.1 Å². The van der Waals surface area contributed by atoms with Gasteiger partial charge in [0.05, 0.1) is 12.8 Å². The lowest BCUT2D eigenvalue weighted by atomic mass is 9.98. The molecule has 1 aliphatic rings. The van der Waals surface area contributed by atoms with Crippen molar-refractivity contribution < 1.29 is 17.9 Å². The molecule has 0 saturated heterocycles. The Hall–Kier alpha value is -3.57. The third kappa shape index (κ3) is 4.78. The number of methoxy groups -OCH3 is 1. The second kappa shape index (κ2) is 9.12. The Morgan fingerprint density at radius 1 is 1.15 bits per heavy atom. The number of benzene rings is 1. The monoisotopic (exact) mass is 468 g/mol. The molecular weight excluding hydrogens is 444 g/mol. The van der Waals surface area contributed by atoms with E-state index in [1.54, 1.807) is 12.3 Å². The molecule has 2 heterocycles. The van der Waals surface area contributed by atoms with E-state index in [0.29, 0.717) is 18.0 Å². The Bertz CT molecular complexity index is 1280. The summed E-state index contributed by atoms with van der Waals surface area (Å²) in [4.78, 5) is 19.1. The van der Waals surface area contributed by atoms with Crippen molar-refractivity contribution in [2.45, 2.75) is 23.9 Å². The number of pyridine rings is 1. The fraction of sp³-hybridized carbons (Fsp3) is 0.273. The predicted molar refractivity (Wildman–Crippen MR) is 122 cm³/mol. The lowest BCUT2D eigenvalue weighted by Gasteiger charge is -2.19. The van der Waals surface area contributed by atoms with Gasteiger partial charge in [0.25, 0.3) is 10.0 Å². The van der Waals surface area contributed by atoms with Crippen molar-refractivity contribution >= 4 is 21.7 Å². The van der Waals surface area contributed by atoms with E-state index in [0.717, 1.165) is 28.7 Å². The number of rotatable bonds is 6. The standard InChI is InChI=1S/C22H24N6O4S/c1-28(2)16-11-14-6-7-17(15-8-10-23-19(12-15)32-3)21(18(14)13-16)25-22(29)27-33(30,31)20-5-4-9-24-26-20/h4-10,12,16H,11,13H2,1-3H3,(H2,25,27,29). The summed E-state index contributed by atoms with van der Waals surface area (Å²) < 4.78 is 32.3. The average molecular weight is 469 g/mol. The van der Waals surface area contributed by atoms with E-state index in [4.69, 9.17) is 4.74 Å². The molecule has 0 bridgehead atoms. The van der Waals surface area contributed by atoms with E-state index < -0.39 is 16.1 Å². The molecule has 11 heteroatoms. The van der Waals surface area contributed by atoms with Crippen LogP contribution in [0.4, 0.5) is 10.5 Å². The first-order chi connectivity index (χ1) is 15.8. The normalized spacial score (nSPS) is 15.2. The van der Waals surface area contributed by atoms with Crippen LogP contribution in [0.2, 0.25) is 0 Å². The van der Waals surface area contributed by atoms with Gasteiger partial charge in [-0.05, 0) is 61.8 Å². The highest BCUT2D eigenvalue weighted by atomic mass is 32.2. The quantitative estimate of drug-likeness (QED) is 0.563. The van der Waals surface area contributed by atoms with Crippen molar-refractivity contribution in [3.05, 3.63) is 59.9 Å². The number of anilines is 1. The molecule has 2 amide bonds. The number of nitrogens with one attached hydrogen (secondary N) is 2. The van der Waals surface area contributed by atoms with E-state index in [1.807, 2.05) is 37.0 Å². The van der Waals surface area contributed by atoms with Crippen molar-refractivity contribution in [2.75, 3.05) is 26.5 Å². The number of fused-ring (bicyclic) bond motifs is 1. The summed E-state index contributed by atoms with van der Waals surface area (Å²) in [5.41, 5.74) is 4.14. The Morgan fingerprint density at radius 2 is 1.97 bits per heavy atom. The molecule has 172 valence electrons. The van der Waals surface area contributed by atoms with Gasteiger partial charge in [0, 0.05) is 30.1 Å². The van der Waals surface area contributed by atoms with Crippen LogP contribution in [-0.2, 0) is 22.9 Å². The minimum absolute atomic E-state index is 0.272. The molecule has 2 N–H and O–H groups in total. The summed E-state index contributed by atoms with van der Waals surface area (Å²) in [7, 11) is 1.37. The van der Waals surface area contributed by atoms with Crippen LogP contribution >= 0.6 is 0 Å². The second-order valence-electron chi connectivity index (χ2n) is 7.86. The first kappa shape index (κ1) is 22.6. The number of hydrogen-bond donors (Lipinski definition) is 2. The van der Waals surface area contributed by atoms with E-state index in [1.165, 1.54) is 25.4 Å². The van der Waals surface area contributed by atoms with Crippen LogP contribution in [0.1, 0.15) is 11.1 Å². The number of sulfonamides is 1. The van der Waals surface area contributed by atoms with Gasteiger partial charge in [-0.15, -0.1) is 5.10 Å². The van der Waals surface area contributed by atoms with Crippen molar-refractivity contribution in [2.24, 2.45) is 0 Å². The lowest BCUT2D eigenvalue weighted by Crippen LogP contribution is -2.35. The molecule has 1 unspecified atom stereocenters. The number of nitrogens with zero attached hydrogens (tertiary/aromatic N) is 4. The minimum Gasteiger partial charge on any atom is -0.481 e. The number of carbonyl (C=O) groups is 1. The third-order valence-corrected chi connectivity index (χ3v) is 6.80. The number of carbonyl (C=O) groups excluding carboxylic acids is 1. The number of ether oxygens (including phenoxy) is 1. The van der Waals surface area contributed by atoms with Crippen LogP contribution in [0, 0.1) is 0 Å². The molecular formula is C22H24N6O4S. The number of urea groups is 1. The van der Waals surface area contributed by atoms with Gasteiger partial charge < -0.3 is 15.0 Å². The zero-order valence-electron chi connectivity index (χ0n) is 18.4. The van der Waals surface area contributed by atoms with Crippen LogP contribution in [0.15, 0.2) is 53.8 Å². The summed E-state index contributed by atoms with van der Waals surface area (Å²) >= 11 is 0. The molecule has 1 aromatic carbocycles. The summed E-state index contributed by atoms with van der Waals surface area (Å²) in [5, 5.41) is 9.57. The maximum Gasteiger partial charge on any atom is 0.333 e. The molecule has 0 aliphatic heterocycles. The number of amides is 2. The van der Waals surface area contributed by atoms with Gasteiger partial charge in [-0.1, -0.05) is 12.1 Å². The smallest absolute Gasteiger partial charge is 0.333 e. The van der Waals surface area contributed by atoms with Gasteiger partial charge in [0.1, 0.15) is 0 Å². The highest BCUT2D eigenvalue weighted by molar-refractivity contribution is 7.90. The molecule has 10 nitrogen and oxygen atoms in total. The van der Waals surface area contributed by atoms with E-state index >= 15 is 0 Å². The maximum atomic E-state index is 12.8. The molecule has 4 rings (SSSR count). The molecule has 0 spiro atoms. The van der Waals surface area contributed by atoms with Gasteiger partial charge in [0.15, 0.2) is 5.03 Å². The SMILES string of the molecule is COc1cc(-c2ccc3c(c2NC(=O)NS(=O)(=O)c2cccnn2)CC(N(C)C)C3)ccn1. The largest absolute Gasteiger partial charge is 0.481 e. The topological polar surface area (TPSA) is 126 Å².